The SMILES string of the molecule is CCC(CC)(c1ccc(CN2CCCC2=O)c(C)c1)c1ccc(OCC(C)(O)C(C)(C)C)c(C)c1. The van der Waals surface area contributed by atoms with Crippen LogP contribution in [0.3, 0.4) is 0 Å². The number of hydrogen-bond acceptors (Lipinski definition) is 3. The highest BCUT2D eigenvalue weighted by Gasteiger charge is 2.36. The Kier molecular flexibility index (Phi) is 8.06. The van der Waals surface area contributed by atoms with Gasteiger partial charge in [-0.1, -0.05) is 65.0 Å². The van der Waals surface area contributed by atoms with E-state index in [1.807, 2.05) is 32.6 Å². The molecular weight excluding hydrogens is 434 g/mol. The van der Waals surface area contributed by atoms with Crippen molar-refractivity contribution < 1.29 is 14.6 Å². The summed E-state index contributed by atoms with van der Waals surface area (Å²) < 4.78 is 6.09. The Bertz CT molecular complexity index is 1040. The van der Waals surface area contributed by atoms with Gasteiger partial charge in [0.1, 0.15) is 18.0 Å². The van der Waals surface area contributed by atoms with E-state index in [0.29, 0.717) is 13.0 Å². The number of rotatable bonds is 9. The minimum Gasteiger partial charge on any atom is -0.490 e. The normalized spacial score (nSPS) is 16.5. The molecule has 4 nitrogen and oxygen atoms in total. The van der Waals surface area contributed by atoms with Crippen molar-refractivity contribution in [2.75, 3.05) is 13.2 Å². The molecule has 2 aromatic rings. The van der Waals surface area contributed by atoms with E-state index in [0.717, 1.165) is 37.1 Å². The predicted molar refractivity (Wildman–Crippen MR) is 144 cm³/mol. The molecule has 4 heteroatoms. The fourth-order valence-corrected chi connectivity index (χ4v) is 5.02. The van der Waals surface area contributed by atoms with Crippen LogP contribution >= 0.6 is 0 Å². The molecule has 1 fully saturated rings. The largest absolute Gasteiger partial charge is 0.490 e. The first-order valence-electron chi connectivity index (χ1n) is 13.2. The van der Waals surface area contributed by atoms with Gasteiger partial charge in [-0.05, 0) is 79.3 Å². The van der Waals surface area contributed by atoms with Crippen molar-refractivity contribution in [3.05, 3.63) is 64.2 Å². The van der Waals surface area contributed by atoms with Gasteiger partial charge in [0.25, 0.3) is 0 Å². The molecule has 1 aliphatic rings. The smallest absolute Gasteiger partial charge is 0.222 e. The molecule has 1 heterocycles. The molecule has 1 aliphatic heterocycles. The molecule has 3 rings (SSSR count). The van der Waals surface area contributed by atoms with Crippen LogP contribution in [0.25, 0.3) is 0 Å². The highest BCUT2D eigenvalue weighted by Crippen LogP contribution is 2.41. The fraction of sp³-hybridized carbons (Fsp3) is 0.581. The maximum Gasteiger partial charge on any atom is 0.222 e. The maximum absolute atomic E-state index is 12.1. The second kappa shape index (κ2) is 10.3. The number of amides is 1. The van der Waals surface area contributed by atoms with Crippen LogP contribution in [0.1, 0.15) is 95.0 Å². The molecule has 192 valence electrons. The van der Waals surface area contributed by atoms with E-state index in [9.17, 15) is 9.90 Å². The van der Waals surface area contributed by atoms with Crippen molar-refractivity contribution in [1.82, 2.24) is 4.90 Å². The first kappa shape index (κ1) is 27.3. The average molecular weight is 480 g/mol. The molecule has 1 saturated heterocycles. The number of carbonyl (C=O) groups excluding carboxylic acids is 1. The highest BCUT2D eigenvalue weighted by molar-refractivity contribution is 5.78. The van der Waals surface area contributed by atoms with Crippen LogP contribution in [-0.4, -0.2) is 34.7 Å². The quantitative estimate of drug-likeness (QED) is 0.435. The zero-order valence-electron chi connectivity index (χ0n) is 23.1. The lowest BCUT2D eigenvalue weighted by atomic mass is 9.70. The number of nitrogens with zero attached hydrogens (tertiary/aromatic N) is 1. The van der Waals surface area contributed by atoms with Crippen LogP contribution < -0.4 is 4.74 Å². The lowest BCUT2D eigenvalue weighted by molar-refractivity contribution is -0.128. The molecule has 35 heavy (non-hydrogen) atoms. The van der Waals surface area contributed by atoms with Gasteiger partial charge in [-0.3, -0.25) is 4.79 Å². The summed E-state index contributed by atoms with van der Waals surface area (Å²) in [5.41, 5.74) is 4.88. The summed E-state index contributed by atoms with van der Waals surface area (Å²) in [5, 5.41) is 10.8. The fourth-order valence-electron chi connectivity index (χ4n) is 5.02. The van der Waals surface area contributed by atoms with E-state index in [2.05, 4.69) is 64.1 Å². The third-order valence-electron chi connectivity index (χ3n) is 8.49. The van der Waals surface area contributed by atoms with E-state index >= 15 is 0 Å². The van der Waals surface area contributed by atoms with Gasteiger partial charge in [0.2, 0.25) is 5.91 Å². The van der Waals surface area contributed by atoms with E-state index in [4.69, 9.17) is 4.74 Å². The van der Waals surface area contributed by atoms with Gasteiger partial charge in [-0.25, -0.2) is 0 Å². The van der Waals surface area contributed by atoms with E-state index in [-0.39, 0.29) is 23.3 Å². The van der Waals surface area contributed by atoms with Gasteiger partial charge in [0, 0.05) is 24.9 Å². The summed E-state index contributed by atoms with van der Waals surface area (Å²) in [6.07, 6.45) is 3.63. The van der Waals surface area contributed by atoms with Crippen LogP contribution in [0.15, 0.2) is 36.4 Å². The van der Waals surface area contributed by atoms with Crippen molar-refractivity contribution in [1.29, 1.82) is 0 Å². The topological polar surface area (TPSA) is 49.8 Å². The second-order valence-electron chi connectivity index (χ2n) is 11.6. The van der Waals surface area contributed by atoms with Crippen LogP contribution in [0.2, 0.25) is 0 Å². The van der Waals surface area contributed by atoms with E-state index < -0.39 is 5.60 Å². The second-order valence-corrected chi connectivity index (χ2v) is 11.6. The molecular formula is C31H45NO3. The minimum absolute atomic E-state index is 0.0903. The Morgan fingerprint density at radius 2 is 1.54 bits per heavy atom. The van der Waals surface area contributed by atoms with Gasteiger partial charge < -0.3 is 14.7 Å². The van der Waals surface area contributed by atoms with Crippen molar-refractivity contribution in [2.45, 2.75) is 98.6 Å². The van der Waals surface area contributed by atoms with Crippen LogP contribution in [0.5, 0.6) is 5.75 Å². The van der Waals surface area contributed by atoms with Gasteiger partial charge in [0.15, 0.2) is 0 Å². The van der Waals surface area contributed by atoms with Gasteiger partial charge in [-0.2, -0.15) is 0 Å². The summed E-state index contributed by atoms with van der Waals surface area (Å²) >= 11 is 0. The van der Waals surface area contributed by atoms with Crippen molar-refractivity contribution >= 4 is 5.91 Å². The number of benzene rings is 2. The minimum atomic E-state index is -0.923. The summed E-state index contributed by atoms with van der Waals surface area (Å²) in [6, 6.07) is 13.3. The highest BCUT2D eigenvalue weighted by atomic mass is 16.5. The summed E-state index contributed by atoms with van der Waals surface area (Å²) in [6.45, 7) is 18.5. The molecule has 1 atom stereocenters. The van der Waals surface area contributed by atoms with Gasteiger partial charge >= 0.3 is 0 Å². The Balaban J connectivity index is 1.87. The van der Waals surface area contributed by atoms with Crippen molar-refractivity contribution in [3.63, 3.8) is 0 Å². The first-order chi connectivity index (χ1) is 16.3. The number of aliphatic hydroxyl groups is 1. The van der Waals surface area contributed by atoms with Gasteiger partial charge in [-0.15, -0.1) is 0 Å². The van der Waals surface area contributed by atoms with Crippen molar-refractivity contribution in [2.24, 2.45) is 5.41 Å². The number of likely N-dealkylation sites (tertiary alicyclic amines) is 1. The maximum atomic E-state index is 12.1. The van der Waals surface area contributed by atoms with E-state index in [1.54, 1.807) is 0 Å². The predicted octanol–water partition coefficient (Wildman–Crippen LogP) is 6.71. The summed E-state index contributed by atoms with van der Waals surface area (Å²) in [4.78, 5) is 14.1. The molecule has 0 aromatic heterocycles. The first-order valence-corrected chi connectivity index (χ1v) is 13.2. The third kappa shape index (κ3) is 5.58. The Morgan fingerprint density at radius 1 is 0.943 bits per heavy atom. The zero-order chi connectivity index (χ0) is 26.0. The lowest BCUT2D eigenvalue weighted by Gasteiger charge is -2.37. The van der Waals surface area contributed by atoms with Crippen LogP contribution in [0, 0.1) is 19.3 Å². The molecule has 1 unspecified atom stereocenters. The van der Waals surface area contributed by atoms with Gasteiger partial charge in [0.05, 0.1) is 0 Å². The van der Waals surface area contributed by atoms with E-state index in [1.165, 1.54) is 22.3 Å². The summed E-state index contributed by atoms with van der Waals surface area (Å²) in [5.74, 6) is 1.09. The molecule has 2 aromatic carbocycles. The number of ether oxygens (including phenoxy) is 1. The standard InChI is InChI=1S/C31H45NO3/c1-9-31(10-2,25-14-13-24(22(3)18-25)20-32-17-11-12-28(32)33)26-15-16-27(23(4)19-26)35-21-30(8,34)29(5,6)7/h13-16,18-19,34H,9-12,17,20-21H2,1-8H3. The number of carbonyl (C=O) groups is 1. The molecule has 1 amide bonds. The average Bonchev–Trinajstić information content (AvgIpc) is 3.19. The number of hydrogen-bond donors (Lipinski definition) is 1. The Labute approximate surface area is 212 Å². The molecule has 0 spiro atoms. The molecule has 0 saturated carbocycles. The number of aryl methyl sites for hydroxylation is 2. The van der Waals surface area contributed by atoms with Crippen LogP contribution in [0.4, 0.5) is 0 Å². The molecule has 1 N–H and O–H groups in total. The molecule has 0 aliphatic carbocycles. The lowest BCUT2D eigenvalue weighted by Crippen LogP contribution is -2.45. The summed E-state index contributed by atoms with van der Waals surface area (Å²) in [7, 11) is 0. The third-order valence-corrected chi connectivity index (χ3v) is 8.49. The van der Waals surface area contributed by atoms with Crippen molar-refractivity contribution in [3.8, 4) is 5.75 Å². The van der Waals surface area contributed by atoms with Crippen LogP contribution in [-0.2, 0) is 16.8 Å². The Morgan fingerprint density at radius 3 is 2.03 bits per heavy atom. The zero-order valence-corrected chi connectivity index (χ0v) is 23.1. The Hall–Kier alpha value is -2.33. The molecule has 0 radical (unpaired) electrons. The monoisotopic (exact) mass is 479 g/mol. The molecule has 0 bridgehead atoms.